The SMILES string of the molecule is COc1ccc(-c2cc(S)c3ccncc3c2)cc1.[H-].[Na+]. The Morgan fingerprint density at radius 3 is 2.50 bits per heavy atom. The van der Waals surface area contributed by atoms with Crippen LogP contribution in [-0.4, -0.2) is 12.1 Å². The number of nitrogens with zero attached hydrogens (tertiary/aromatic N) is 1. The Hall–Kier alpha value is -1.000. The van der Waals surface area contributed by atoms with Crippen LogP contribution in [0.25, 0.3) is 21.9 Å². The van der Waals surface area contributed by atoms with Gasteiger partial charge in [0, 0.05) is 22.7 Å². The zero-order valence-electron chi connectivity index (χ0n) is 12.5. The molecule has 0 aliphatic rings. The molecule has 0 atom stereocenters. The van der Waals surface area contributed by atoms with E-state index in [1.54, 1.807) is 13.3 Å². The molecule has 4 heteroatoms. The standard InChI is InChI=1S/C16H13NOS.Na.H/c1-18-14-4-2-11(3-5-14)12-8-13-10-17-7-6-15(13)16(19)9-12;;/h2-10,19H,1H3;;/q;+1;-1. The van der Waals surface area contributed by atoms with Gasteiger partial charge in [-0.05, 0) is 46.8 Å². The molecule has 0 saturated carbocycles. The third-order valence-electron chi connectivity index (χ3n) is 3.15. The predicted octanol–water partition coefficient (Wildman–Crippen LogP) is 1.32. The van der Waals surface area contributed by atoms with E-state index in [4.69, 9.17) is 4.74 Å². The number of hydrogen-bond donors (Lipinski definition) is 1. The van der Waals surface area contributed by atoms with Crippen LogP contribution in [0, 0.1) is 0 Å². The zero-order valence-corrected chi connectivity index (χ0v) is 14.4. The van der Waals surface area contributed by atoms with E-state index < -0.39 is 0 Å². The van der Waals surface area contributed by atoms with Crippen molar-refractivity contribution < 1.29 is 35.7 Å². The van der Waals surface area contributed by atoms with Gasteiger partial charge < -0.3 is 6.16 Å². The van der Waals surface area contributed by atoms with Crippen molar-refractivity contribution in [1.29, 1.82) is 0 Å². The fourth-order valence-corrected chi connectivity index (χ4v) is 2.48. The minimum atomic E-state index is 0. The van der Waals surface area contributed by atoms with Crippen molar-refractivity contribution in [3.8, 4) is 16.9 Å². The van der Waals surface area contributed by atoms with Gasteiger partial charge in [-0.15, -0.1) is 12.6 Å². The minimum absolute atomic E-state index is 0. The molecule has 0 bridgehead atoms. The van der Waals surface area contributed by atoms with Gasteiger partial charge in [0.15, 0.2) is 0 Å². The number of ether oxygens (including phenoxy) is 1. The molecular formula is C16H14NNaOS. The van der Waals surface area contributed by atoms with E-state index >= 15 is 0 Å². The van der Waals surface area contributed by atoms with Crippen molar-refractivity contribution in [2.24, 2.45) is 0 Å². The Morgan fingerprint density at radius 2 is 1.80 bits per heavy atom. The van der Waals surface area contributed by atoms with Gasteiger partial charge in [-0.3, -0.25) is 4.98 Å². The quantitative estimate of drug-likeness (QED) is 0.568. The maximum Gasteiger partial charge on any atom is 1.00 e. The Kier molecular flexibility index (Phi) is 5.11. The zero-order chi connectivity index (χ0) is 13.2. The maximum absolute atomic E-state index is 5.17. The second-order valence-corrected chi connectivity index (χ2v) is 4.80. The summed E-state index contributed by atoms with van der Waals surface area (Å²) in [5.41, 5.74) is 2.27. The monoisotopic (exact) mass is 291 g/mol. The van der Waals surface area contributed by atoms with Crippen LogP contribution in [0.5, 0.6) is 5.75 Å². The summed E-state index contributed by atoms with van der Waals surface area (Å²) in [7, 11) is 1.67. The minimum Gasteiger partial charge on any atom is -1.00 e. The topological polar surface area (TPSA) is 22.1 Å². The molecule has 1 aromatic heterocycles. The van der Waals surface area contributed by atoms with Crippen molar-refractivity contribution in [1.82, 2.24) is 4.98 Å². The fraction of sp³-hybridized carbons (Fsp3) is 0.0625. The third kappa shape index (κ3) is 3.01. The molecule has 3 rings (SSSR count). The molecule has 20 heavy (non-hydrogen) atoms. The van der Waals surface area contributed by atoms with Gasteiger partial charge in [0.1, 0.15) is 5.75 Å². The number of methoxy groups -OCH3 is 1. The van der Waals surface area contributed by atoms with Crippen LogP contribution in [-0.2, 0) is 0 Å². The van der Waals surface area contributed by atoms with Crippen LogP contribution in [0.1, 0.15) is 1.43 Å². The summed E-state index contributed by atoms with van der Waals surface area (Å²) in [4.78, 5) is 5.13. The van der Waals surface area contributed by atoms with E-state index in [1.165, 1.54) is 0 Å². The van der Waals surface area contributed by atoms with E-state index in [9.17, 15) is 0 Å². The predicted molar refractivity (Wildman–Crippen MR) is 82.1 cm³/mol. The molecule has 0 amide bonds. The van der Waals surface area contributed by atoms with Gasteiger partial charge in [0.2, 0.25) is 0 Å². The summed E-state index contributed by atoms with van der Waals surface area (Å²) in [6.07, 6.45) is 3.65. The molecular weight excluding hydrogens is 277 g/mol. The van der Waals surface area contributed by atoms with E-state index in [-0.39, 0.29) is 31.0 Å². The van der Waals surface area contributed by atoms with E-state index in [0.717, 1.165) is 32.5 Å². The fourth-order valence-electron chi connectivity index (χ4n) is 2.14. The molecule has 2 aromatic carbocycles. The van der Waals surface area contributed by atoms with Crippen molar-refractivity contribution in [3.63, 3.8) is 0 Å². The van der Waals surface area contributed by atoms with Crippen molar-refractivity contribution in [2.45, 2.75) is 4.90 Å². The molecule has 1 heterocycles. The van der Waals surface area contributed by atoms with Crippen LogP contribution in [0.4, 0.5) is 0 Å². The molecule has 0 unspecified atom stereocenters. The molecule has 0 aliphatic carbocycles. The molecule has 96 valence electrons. The van der Waals surface area contributed by atoms with Gasteiger partial charge in [-0.2, -0.15) is 0 Å². The third-order valence-corrected chi connectivity index (χ3v) is 3.52. The van der Waals surface area contributed by atoms with Gasteiger partial charge in [-0.25, -0.2) is 0 Å². The van der Waals surface area contributed by atoms with Crippen molar-refractivity contribution in [2.75, 3.05) is 7.11 Å². The average Bonchev–Trinajstić information content (AvgIpc) is 2.47. The average molecular weight is 291 g/mol. The second-order valence-electron chi connectivity index (χ2n) is 4.32. The summed E-state index contributed by atoms with van der Waals surface area (Å²) in [6, 6.07) is 14.2. The number of aromatic nitrogens is 1. The number of thiol groups is 1. The van der Waals surface area contributed by atoms with Gasteiger partial charge in [0.05, 0.1) is 7.11 Å². The van der Waals surface area contributed by atoms with Crippen molar-refractivity contribution in [3.05, 3.63) is 54.9 Å². The summed E-state index contributed by atoms with van der Waals surface area (Å²) in [6.45, 7) is 0. The molecule has 3 aromatic rings. The molecule has 0 aliphatic heterocycles. The summed E-state index contributed by atoms with van der Waals surface area (Å²) >= 11 is 4.56. The van der Waals surface area contributed by atoms with E-state index in [0.29, 0.717) is 0 Å². The smallest absolute Gasteiger partial charge is 1.00 e. The molecule has 0 spiro atoms. The van der Waals surface area contributed by atoms with Crippen LogP contribution < -0.4 is 34.3 Å². The number of fused-ring (bicyclic) bond motifs is 1. The number of pyridine rings is 1. The van der Waals surface area contributed by atoms with Crippen LogP contribution in [0.15, 0.2) is 59.8 Å². The Balaban J connectivity index is 0.00000110. The number of hydrogen-bond acceptors (Lipinski definition) is 3. The Bertz CT molecular complexity index is 734. The maximum atomic E-state index is 5.17. The molecule has 0 N–H and O–H groups in total. The Morgan fingerprint density at radius 1 is 1.05 bits per heavy atom. The largest absolute Gasteiger partial charge is 1.00 e. The first kappa shape index (κ1) is 15.4. The van der Waals surface area contributed by atoms with E-state index in [2.05, 4.69) is 29.7 Å². The summed E-state index contributed by atoms with van der Waals surface area (Å²) < 4.78 is 5.17. The first-order chi connectivity index (χ1) is 9.28. The van der Waals surface area contributed by atoms with Crippen LogP contribution in [0.2, 0.25) is 0 Å². The second kappa shape index (κ2) is 6.64. The first-order valence-corrected chi connectivity index (χ1v) is 6.44. The molecule has 0 saturated heterocycles. The van der Waals surface area contributed by atoms with Crippen molar-refractivity contribution >= 4 is 23.4 Å². The van der Waals surface area contributed by atoms with Gasteiger partial charge in [0.25, 0.3) is 0 Å². The molecule has 2 nitrogen and oxygen atoms in total. The molecule has 0 radical (unpaired) electrons. The number of benzene rings is 2. The molecule has 0 fully saturated rings. The van der Waals surface area contributed by atoms with Crippen LogP contribution >= 0.6 is 12.6 Å². The summed E-state index contributed by atoms with van der Waals surface area (Å²) in [5, 5.41) is 2.22. The summed E-state index contributed by atoms with van der Waals surface area (Å²) in [5.74, 6) is 0.859. The van der Waals surface area contributed by atoms with Gasteiger partial charge in [-0.1, -0.05) is 12.1 Å². The first-order valence-electron chi connectivity index (χ1n) is 5.99. The van der Waals surface area contributed by atoms with Crippen LogP contribution in [0.3, 0.4) is 0 Å². The van der Waals surface area contributed by atoms with Gasteiger partial charge >= 0.3 is 29.6 Å². The number of rotatable bonds is 2. The normalized spacial score (nSPS) is 10.1. The van der Waals surface area contributed by atoms with E-state index in [1.807, 2.05) is 36.5 Å². The Labute approximate surface area is 147 Å².